The van der Waals surface area contributed by atoms with E-state index in [9.17, 15) is 9.18 Å². The van der Waals surface area contributed by atoms with Crippen LogP contribution >= 0.6 is 0 Å². The SMILES string of the molecule is O=C(O)Cc1nnnn1-c1ccc(F)cc1. The lowest BCUT2D eigenvalue weighted by atomic mass is 10.3. The molecular formula is C9H7FN4O2. The zero-order valence-corrected chi connectivity index (χ0v) is 8.04. The molecule has 7 heteroatoms. The lowest BCUT2D eigenvalue weighted by molar-refractivity contribution is -0.136. The summed E-state index contributed by atoms with van der Waals surface area (Å²) in [6.45, 7) is 0. The molecule has 0 saturated carbocycles. The number of hydrogen-bond donors (Lipinski definition) is 1. The molecule has 82 valence electrons. The number of carboxylic acid groups (broad SMARTS) is 1. The normalized spacial score (nSPS) is 10.3. The Hall–Kier alpha value is -2.31. The zero-order valence-electron chi connectivity index (χ0n) is 8.04. The third kappa shape index (κ3) is 2.02. The summed E-state index contributed by atoms with van der Waals surface area (Å²) in [5.41, 5.74) is 0.516. The van der Waals surface area contributed by atoms with Gasteiger partial charge in [-0.25, -0.2) is 4.39 Å². The van der Waals surface area contributed by atoms with E-state index in [1.165, 1.54) is 28.9 Å². The maximum atomic E-state index is 12.7. The predicted molar refractivity (Wildman–Crippen MR) is 50.5 cm³/mol. The summed E-state index contributed by atoms with van der Waals surface area (Å²) in [4.78, 5) is 10.5. The van der Waals surface area contributed by atoms with Crippen molar-refractivity contribution in [1.29, 1.82) is 0 Å². The molecule has 1 heterocycles. The van der Waals surface area contributed by atoms with E-state index in [2.05, 4.69) is 15.5 Å². The molecule has 1 N–H and O–H groups in total. The van der Waals surface area contributed by atoms with E-state index in [1.54, 1.807) is 0 Å². The van der Waals surface area contributed by atoms with Crippen LogP contribution in [-0.4, -0.2) is 31.3 Å². The lowest BCUT2D eigenvalue weighted by Crippen LogP contribution is -2.09. The highest BCUT2D eigenvalue weighted by molar-refractivity contribution is 5.69. The van der Waals surface area contributed by atoms with Gasteiger partial charge in [0.15, 0.2) is 5.82 Å². The van der Waals surface area contributed by atoms with Gasteiger partial charge in [0.1, 0.15) is 12.2 Å². The number of aromatic nitrogens is 4. The highest BCUT2D eigenvalue weighted by Gasteiger charge is 2.11. The Morgan fingerprint density at radius 3 is 2.69 bits per heavy atom. The number of tetrazole rings is 1. The van der Waals surface area contributed by atoms with Crippen LogP contribution < -0.4 is 0 Å². The second-order valence-corrected chi connectivity index (χ2v) is 3.05. The van der Waals surface area contributed by atoms with Crippen LogP contribution in [0.2, 0.25) is 0 Å². The third-order valence-corrected chi connectivity index (χ3v) is 1.91. The minimum atomic E-state index is -1.03. The zero-order chi connectivity index (χ0) is 11.5. The van der Waals surface area contributed by atoms with Gasteiger partial charge in [-0.3, -0.25) is 4.79 Å². The fourth-order valence-corrected chi connectivity index (χ4v) is 1.23. The average molecular weight is 222 g/mol. The van der Waals surface area contributed by atoms with E-state index in [0.717, 1.165) is 0 Å². The molecule has 2 rings (SSSR count). The Kier molecular flexibility index (Phi) is 2.59. The van der Waals surface area contributed by atoms with Gasteiger partial charge in [-0.1, -0.05) is 0 Å². The van der Waals surface area contributed by atoms with Crippen molar-refractivity contribution < 1.29 is 14.3 Å². The van der Waals surface area contributed by atoms with Crippen molar-refractivity contribution in [3.05, 3.63) is 35.9 Å². The molecule has 0 fully saturated rings. The molecule has 2 aromatic rings. The van der Waals surface area contributed by atoms with Gasteiger partial charge in [0, 0.05) is 0 Å². The monoisotopic (exact) mass is 222 g/mol. The number of hydrogen-bond acceptors (Lipinski definition) is 4. The first-order chi connectivity index (χ1) is 7.66. The first-order valence-corrected chi connectivity index (χ1v) is 4.42. The Balaban J connectivity index is 2.36. The summed E-state index contributed by atoms with van der Waals surface area (Å²) in [7, 11) is 0. The van der Waals surface area contributed by atoms with Crippen molar-refractivity contribution in [3.8, 4) is 5.69 Å². The van der Waals surface area contributed by atoms with Crippen LogP contribution in [0.4, 0.5) is 4.39 Å². The largest absolute Gasteiger partial charge is 0.481 e. The number of carboxylic acids is 1. The van der Waals surface area contributed by atoms with Gasteiger partial charge >= 0.3 is 5.97 Å². The first kappa shape index (κ1) is 10.2. The van der Waals surface area contributed by atoms with Gasteiger partial charge in [-0.15, -0.1) is 5.10 Å². The molecule has 0 aliphatic carbocycles. The van der Waals surface area contributed by atoms with Crippen LogP contribution in [-0.2, 0) is 11.2 Å². The summed E-state index contributed by atoms with van der Waals surface area (Å²) < 4.78 is 13.9. The standard InChI is InChI=1S/C9H7FN4O2/c10-6-1-3-7(4-2-6)14-8(5-9(15)16)11-12-13-14/h1-4H,5H2,(H,15,16). The maximum absolute atomic E-state index is 12.7. The summed E-state index contributed by atoms with van der Waals surface area (Å²) in [6.07, 6.45) is -0.287. The number of halogens is 1. The van der Waals surface area contributed by atoms with Crippen LogP contribution in [0.1, 0.15) is 5.82 Å². The van der Waals surface area contributed by atoms with Crippen molar-refractivity contribution in [3.63, 3.8) is 0 Å². The predicted octanol–water partition coefficient (Wildman–Crippen LogP) is 0.428. The van der Waals surface area contributed by atoms with E-state index in [1.807, 2.05) is 0 Å². The van der Waals surface area contributed by atoms with Crippen molar-refractivity contribution in [2.45, 2.75) is 6.42 Å². The van der Waals surface area contributed by atoms with Gasteiger partial charge in [-0.2, -0.15) is 4.68 Å². The van der Waals surface area contributed by atoms with E-state index in [-0.39, 0.29) is 18.1 Å². The Bertz CT molecular complexity index is 508. The van der Waals surface area contributed by atoms with Crippen LogP contribution in [0.3, 0.4) is 0 Å². The van der Waals surface area contributed by atoms with Crippen LogP contribution in [0.15, 0.2) is 24.3 Å². The van der Waals surface area contributed by atoms with Gasteiger partial charge in [0.05, 0.1) is 5.69 Å². The average Bonchev–Trinajstić information content (AvgIpc) is 2.66. The molecule has 0 saturated heterocycles. The molecule has 0 bridgehead atoms. The Morgan fingerprint density at radius 2 is 2.06 bits per heavy atom. The summed E-state index contributed by atoms with van der Waals surface area (Å²) in [5.74, 6) is -1.21. The van der Waals surface area contributed by atoms with Gasteiger partial charge in [-0.05, 0) is 34.7 Å². The van der Waals surface area contributed by atoms with E-state index in [4.69, 9.17) is 5.11 Å². The number of nitrogens with zero attached hydrogens (tertiary/aromatic N) is 4. The van der Waals surface area contributed by atoms with E-state index < -0.39 is 5.97 Å². The van der Waals surface area contributed by atoms with Crippen LogP contribution in [0, 0.1) is 5.82 Å². The number of carbonyl (C=O) groups is 1. The van der Waals surface area contributed by atoms with Gasteiger partial charge in [0.2, 0.25) is 0 Å². The molecule has 1 aromatic heterocycles. The number of rotatable bonds is 3. The minimum absolute atomic E-state index is 0.194. The van der Waals surface area contributed by atoms with Gasteiger partial charge in [0.25, 0.3) is 0 Å². The highest BCUT2D eigenvalue weighted by Crippen LogP contribution is 2.09. The minimum Gasteiger partial charge on any atom is -0.481 e. The van der Waals surface area contributed by atoms with Crippen LogP contribution in [0.25, 0.3) is 5.69 Å². The molecular weight excluding hydrogens is 215 g/mol. The van der Waals surface area contributed by atoms with Crippen molar-refractivity contribution in [2.24, 2.45) is 0 Å². The maximum Gasteiger partial charge on any atom is 0.311 e. The molecule has 0 aliphatic rings. The highest BCUT2D eigenvalue weighted by atomic mass is 19.1. The quantitative estimate of drug-likeness (QED) is 0.814. The second-order valence-electron chi connectivity index (χ2n) is 3.05. The fraction of sp³-hybridized carbons (Fsp3) is 0.111. The van der Waals surface area contributed by atoms with E-state index in [0.29, 0.717) is 5.69 Å². The summed E-state index contributed by atoms with van der Waals surface area (Å²) >= 11 is 0. The Labute approximate surface area is 89.3 Å². The summed E-state index contributed by atoms with van der Waals surface area (Å²) in [5, 5.41) is 19.2. The Morgan fingerprint density at radius 1 is 1.38 bits per heavy atom. The third-order valence-electron chi connectivity index (χ3n) is 1.91. The molecule has 1 aromatic carbocycles. The molecule has 6 nitrogen and oxygen atoms in total. The topological polar surface area (TPSA) is 80.9 Å². The number of benzene rings is 1. The molecule has 0 atom stereocenters. The molecule has 0 aliphatic heterocycles. The van der Waals surface area contributed by atoms with Crippen molar-refractivity contribution in [2.75, 3.05) is 0 Å². The van der Waals surface area contributed by atoms with Crippen LogP contribution in [0.5, 0.6) is 0 Å². The van der Waals surface area contributed by atoms with Gasteiger partial charge < -0.3 is 5.11 Å². The smallest absolute Gasteiger partial charge is 0.311 e. The summed E-state index contributed by atoms with van der Waals surface area (Å²) in [6, 6.07) is 5.44. The van der Waals surface area contributed by atoms with Crippen molar-refractivity contribution in [1.82, 2.24) is 20.2 Å². The molecule has 16 heavy (non-hydrogen) atoms. The van der Waals surface area contributed by atoms with E-state index >= 15 is 0 Å². The second kappa shape index (κ2) is 4.05. The molecule has 0 radical (unpaired) electrons. The molecule has 0 unspecified atom stereocenters. The number of aliphatic carboxylic acids is 1. The fourth-order valence-electron chi connectivity index (χ4n) is 1.23. The lowest BCUT2D eigenvalue weighted by Gasteiger charge is -2.01. The molecule has 0 amide bonds. The first-order valence-electron chi connectivity index (χ1n) is 4.42. The van der Waals surface area contributed by atoms with Crippen molar-refractivity contribution >= 4 is 5.97 Å². The molecule has 0 spiro atoms.